The van der Waals surface area contributed by atoms with E-state index in [9.17, 15) is 14.7 Å². The molecule has 2 heterocycles. The summed E-state index contributed by atoms with van der Waals surface area (Å²) in [7, 11) is 0. The molecule has 1 atom stereocenters. The molecule has 1 fully saturated rings. The Hall–Kier alpha value is -1.40. The van der Waals surface area contributed by atoms with Crippen molar-refractivity contribution in [3.8, 4) is 0 Å². The number of nitrogens with one attached hydrogen (secondary N) is 1. The molecule has 2 N–H and O–H groups in total. The van der Waals surface area contributed by atoms with Gasteiger partial charge in [-0.1, -0.05) is 0 Å². The van der Waals surface area contributed by atoms with Crippen molar-refractivity contribution in [2.75, 3.05) is 11.9 Å². The van der Waals surface area contributed by atoms with Crippen molar-refractivity contribution in [3.63, 3.8) is 0 Å². The van der Waals surface area contributed by atoms with Gasteiger partial charge in [0, 0.05) is 11.5 Å². The minimum Gasteiger partial charge on any atom is -0.478 e. The van der Waals surface area contributed by atoms with Crippen molar-refractivity contribution in [1.29, 1.82) is 0 Å². The minimum absolute atomic E-state index is 0.212. The zero-order valence-corrected chi connectivity index (χ0v) is 12.6. The number of aryl methyl sites for hydroxylation is 1. The van der Waals surface area contributed by atoms with Crippen LogP contribution in [0, 0.1) is 0 Å². The van der Waals surface area contributed by atoms with Crippen LogP contribution in [0.15, 0.2) is 0 Å². The van der Waals surface area contributed by atoms with Crippen molar-refractivity contribution >= 4 is 28.2 Å². The van der Waals surface area contributed by atoms with E-state index in [4.69, 9.17) is 4.74 Å². The average Bonchev–Trinajstić information content (AvgIpc) is 2.86. The van der Waals surface area contributed by atoms with Crippen LogP contribution in [-0.4, -0.2) is 29.7 Å². The number of anilines is 1. The Labute approximate surface area is 127 Å². The van der Waals surface area contributed by atoms with Crippen molar-refractivity contribution < 1.29 is 19.4 Å². The van der Waals surface area contributed by atoms with Gasteiger partial charge in [0.1, 0.15) is 11.1 Å². The largest absolute Gasteiger partial charge is 0.478 e. The third-order valence-corrected chi connectivity index (χ3v) is 5.30. The lowest BCUT2D eigenvalue weighted by Gasteiger charge is -2.21. The Bertz CT molecular complexity index is 560. The highest BCUT2D eigenvalue weighted by Crippen LogP contribution is 2.38. The Balaban J connectivity index is 1.82. The molecule has 0 saturated carbocycles. The summed E-state index contributed by atoms with van der Waals surface area (Å²) in [5.41, 5.74) is 1.21. The third-order valence-electron chi connectivity index (χ3n) is 4.09. The number of hydrogen-bond donors (Lipinski definition) is 2. The summed E-state index contributed by atoms with van der Waals surface area (Å²) >= 11 is 1.41. The Morgan fingerprint density at radius 3 is 2.71 bits per heavy atom. The van der Waals surface area contributed by atoms with E-state index >= 15 is 0 Å². The van der Waals surface area contributed by atoms with Gasteiger partial charge >= 0.3 is 5.97 Å². The molecule has 1 amide bonds. The highest BCUT2D eigenvalue weighted by atomic mass is 32.1. The number of carboxylic acids is 1. The van der Waals surface area contributed by atoms with Gasteiger partial charge in [0.2, 0.25) is 0 Å². The highest BCUT2D eigenvalue weighted by molar-refractivity contribution is 7.17. The van der Waals surface area contributed by atoms with Crippen molar-refractivity contribution in [2.24, 2.45) is 0 Å². The summed E-state index contributed by atoms with van der Waals surface area (Å²) in [4.78, 5) is 24.9. The SMILES string of the molecule is O=C(O)c1c(NC(=O)C2CCCCO2)sc2c1CCCC2. The molecule has 6 heteroatoms. The molecule has 21 heavy (non-hydrogen) atoms. The normalized spacial score (nSPS) is 21.6. The van der Waals surface area contributed by atoms with Crippen LogP contribution in [0.4, 0.5) is 5.00 Å². The van der Waals surface area contributed by atoms with E-state index in [1.807, 2.05) is 0 Å². The van der Waals surface area contributed by atoms with Gasteiger partial charge in [-0.25, -0.2) is 4.79 Å². The summed E-state index contributed by atoms with van der Waals surface area (Å²) in [5, 5.41) is 12.7. The fourth-order valence-electron chi connectivity index (χ4n) is 3.02. The first-order valence-corrected chi connectivity index (χ1v) is 8.29. The number of fused-ring (bicyclic) bond motifs is 1. The molecule has 1 saturated heterocycles. The van der Waals surface area contributed by atoms with Gasteiger partial charge in [-0.15, -0.1) is 11.3 Å². The van der Waals surface area contributed by atoms with Gasteiger partial charge in [0.25, 0.3) is 5.91 Å². The summed E-state index contributed by atoms with van der Waals surface area (Å²) < 4.78 is 5.46. The first kappa shape index (κ1) is 14.5. The van der Waals surface area contributed by atoms with Crippen molar-refractivity contribution in [3.05, 3.63) is 16.0 Å². The smallest absolute Gasteiger partial charge is 0.339 e. The van der Waals surface area contributed by atoms with E-state index in [1.54, 1.807) is 0 Å². The van der Waals surface area contributed by atoms with Crippen LogP contribution in [0.2, 0.25) is 0 Å². The number of carbonyl (C=O) groups excluding carboxylic acids is 1. The van der Waals surface area contributed by atoms with Crippen molar-refractivity contribution in [2.45, 2.75) is 51.0 Å². The number of carbonyl (C=O) groups is 2. The van der Waals surface area contributed by atoms with Crippen LogP contribution in [-0.2, 0) is 22.4 Å². The summed E-state index contributed by atoms with van der Waals surface area (Å²) in [5.74, 6) is -1.16. The second-order valence-electron chi connectivity index (χ2n) is 5.56. The van der Waals surface area contributed by atoms with Crippen molar-refractivity contribution in [1.82, 2.24) is 0 Å². The maximum absolute atomic E-state index is 12.2. The lowest BCUT2D eigenvalue weighted by atomic mass is 9.95. The van der Waals surface area contributed by atoms with Gasteiger partial charge in [0.05, 0.1) is 5.56 Å². The quantitative estimate of drug-likeness (QED) is 0.900. The van der Waals surface area contributed by atoms with E-state index in [0.717, 1.165) is 49.0 Å². The van der Waals surface area contributed by atoms with E-state index in [-0.39, 0.29) is 5.91 Å². The second-order valence-corrected chi connectivity index (χ2v) is 6.67. The molecule has 1 aromatic rings. The maximum Gasteiger partial charge on any atom is 0.339 e. The fraction of sp³-hybridized carbons (Fsp3) is 0.600. The van der Waals surface area contributed by atoms with E-state index < -0.39 is 12.1 Å². The second kappa shape index (κ2) is 6.15. The lowest BCUT2D eigenvalue weighted by Crippen LogP contribution is -2.33. The summed E-state index contributed by atoms with van der Waals surface area (Å²) in [6.07, 6.45) is 6.04. The van der Waals surface area contributed by atoms with Gasteiger partial charge in [0.15, 0.2) is 0 Å². The molecule has 1 aliphatic carbocycles. The van der Waals surface area contributed by atoms with Crippen LogP contribution in [0.3, 0.4) is 0 Å². The molecule has 1 unspecified atom stereocenters. The van der Waals surface area contributed by atoms with Gasteiger partial charge < -0.3 is 15.2 Å². The predicted octanol–water partition coefficient (Wildman–Crippen LogP) is 2.83. The molecule has 3 rings (SSSR count). The van der Waals surface area contributed by atoms with Crippen LogP contribution in [0.5, 0.6) is 0 Å². The molecule has 2 aliphatic rings. The lowest BCUT2D eigenvalue weighted by molar-refractivity contribution is -0.129. The predicted molar refractivity (Wildman–Crippen MR) is 80.1 cm³/mol. The zero-order chi connectivity index (χ0) is 14.8. The number of ether oxygens (including phenoxy) is 1. The monoisotopic (exact) mass is 309 g/mol. The van der Waals surface area contributed by atoms with Gasteiger partial charge in [-0.2, -0.15) is 0 Å². The summed E-state index contributed by atoms with van der Waals surface area (Å²) in [6, 6.07) is 0. The fourth-order valence-corrected chi connectivity index (χ4v) is 4.30. The first-order valence-electron chi connectivity index (χ1n) is 7.47. The number of rotatable bonds is 3. The number of amides is 1. The molecule has 1 aliphatic heterocycles. The average molecular weight is 309 g/mol. The minimum atomic E-state index is -0.950. The molecule has 1 aromatic heterocycles. The van der Waals surface area contributed by atoms with Crippen LogP contribution >= 0.6 is 11.3 Å². The Kier molecular flexibility index (Phi) is 4.26. The highest BCUT2D eigenvalue weighted by Gasteiger charge is 2.28. The third kappa shape index (κ3) is 2.96. The standard InChI is InChI=1S/C15H19NO4S/c17-13(10-6-3-4-8-20-10)16-14-12(15(18)19)9-5-1-2-7-11(9)21-14/h10H,1-8H2,(H,16,17)(H,18,19). The molecule has 0 spiro atoms. The zero-order valence-electron chi connectivity index (χ0n) is 11.8. The molecule has 114 valence electrons. The van der Waals surface area contributed by atoms with Crippen LogP contribution < -0.4 is 5.32 Å². The molecular formula is C15H19NO4S. The van der Waals surface area contributed by atoms with Gasteiger partial charge in [-0.3, -0.25) is 4.79 Å². The van der Waals surface area contributed by atoms with Crippen LogP contribution in [0.1, 0.15) is 52.9 Å². The molecule has 5 nitrogen and oxygen atoms in total. The Morgan fingerprint density at radius 2 is 2.00 bits per heavy atom. The van der Waals surface area contributed by atoms with E-state index in [1.165, 1.54) is 11.3 Å². The molecule has 0 bridgehead atoms. The number of aromatic carboxylic acids is 1. The van der Waals surface area contributed by atoms with E-state index in [0.29, 0.717) is 23.6 Å². The summed E-state index contributed by atoms with van der Waals surface area (Å²) in [6.45, 7) is 0.602. The molecule has 0 radical (unpaired) electrons. The molecular weight excluding hydrogens is 290 g/mol. The Morgan fingerprint density at radius 1 is 1.19 bits per heavy atom. The molecule has 0 aromatic carbocycles. The van der Waals surface area contributed by atoms with Crippen LogP contribution in [0.25, 0.3) is 0 Å². The number of thiophene rings is 1. The maximum atomic E-state index is 12.2. The number of hydrogen-bond acceptors (Lipinski definition) is 4. The number of carboxylic acid groups (broad SMARTS) is 1. The first-order chi connectivity index (χ1) is 10.2. The van der Waals surface area contributed by atoms with Gasteiger partial charge in [-0.05, 0) is 50.5 Å². The van der Waals surface area contributed by atoms with E-state index in [2.05, 4.69) is 5.32 Å². The topological polar surface area (TPSA) is 75.6 Å².